The number of nitrogens with one attached hydrogen (secondary N) is 1. The van der Waals surface area contributed by atoms with Gasteiger partial charge in [0.2, 0.25) is 0 Å². The summed E-state index contributed by atoms with van der Waals surface area (Å²) in [6.07, 6.45) is -0.820. The van der Waals surface area contributed by atoms with E-state index in [2.05, 4.69) is 31.4 Å². The molecule has 1 aliphatic carbocycles. The number of aromatic nitrogens is 4. The normalized spacial score (nSPS) is 14.6. The number of aryl methyl sites for hydroxylation is 2. The highest BCUT2D eigenvalue weighted by Crippen LogP contribution is 2.46. The number of carbonyl (C=O) groups is 1. The lowest BCUT2D eigenvalue weighted by atomic mass is 10.2. The molecule has 1 aliphatic rings. The van der Waals surface area contributed by atoms with Crippen LogP contribution in [-0.4, -0.2) is 32.0 Å². The monoisotopic (exact) mass is 467 g/mol. The van der Waals surface area contributed by atoms with Crippen LogP contribution in [0.3, 0.4) is 0 Å². The maximum Gasteiger partial charge on any atom is 0.436 e. The Labute approximate surface area is 167 Å². The molecule has 0 aromatic carbocycles. The smallest absolute Gasteiger partial charge is 0.351 e. The van der Waals surface area contributed by atoms with Crippen LogP contribution in [0.2, 0.25) is 5.02 Å². The molecule has 0 aliphatic heterocycles. The van der Waals surface area contributed by atoms with Crippen molar-refractivity contribution in [2.45, 2.75) is 51.4 Å². The molecule has 0 saturated heterocycles. The van der Waals surface area contributed by atoms with Gasteiger partial charge in [0.25, 0.3) is 5.91 Å². The number of halogens is 5. The SMILES string of the molecule is CCn1cc(Br)c(C(=O)NCCCn2nc(C(F)(F)F)c(Cl)c2C2CC2)n1. The molecule has 0 radical (unpaired) electrons. The van der Waals surface area contributed by atoms with Gasteiger partial charge in [-0.3, -0.25) is 14.2 Å². The van der Waals surface area contributed by atoms with Crippen molar-refractivity contribution in [2.24, 2.45) is 0 Å². The van der Waals surface area contributed by atoms with Crippen LogP contribution in [0.15, 0.2) is 10.7 Å². The predicted molar refractivity (Wildman–Crippen MR) is 96.8 cm³/mol. The minimum atomic E-state index is -4.58. The molecule has 11 heteroatoms. The Morgan fingerprint density at radius 2 is 2.11 bits per heavy atom. The van der Waals surface area contributed by atoms with Crippen molar-refractivity contribution in [1.82, 2.24) is 24.9 Å². The van der Waals surface area contributed by atoms with E-state index in [9.17, 15) is 18.0 Å². The Morgan fingerprint density at radius 1 is 1.41 bits per heavy atom. The average Bonchev–Trinajstić information content (AvgIpc) is 3.26. The molecular formula is C16H18BrClF3N5O. The fraction of sp³-hybridized carbons (Fsp3) is 0.562. The van der Waals surface area contributed by atoms with Gasteiger partial charge in [-0.25, -0.2) is 0 Å². The second-order valence-electron chi connectivity index (χ2n) is 6.33. The van der Waals surface area contributed by atoms with Gasteiger partial charge in [0.05, 0.1) is 15.2 Å². The van der Waals surface area contributed by atoms with Crippen LogP contribution in [-0.2, 0) is 19.3 Å². The molecule has 148 valence electrons. The number of carbonyl (C=O) groups excluding carboxylic acids is 1. The van der Waals surface area contributed by atoms with E-state index in [-0.39, 0.29) is 35.6 Å². The Hall–Kier alpha value is -1.55. The largest absolute Gasteiger partial charge is 0.436 e. The molecule has 1 fully saturated rings. The third-order valence-electron chi connectivity index (χ3n) is 4.25. The van der Waals surface area contributed by atoms with E-state index >= 15 is 0 Å². The highest BCUT2D eigenvalue weighted by molar-refractivity contribution is 9.10. The maximum atomic E-state index is 13.0. The van der Waals surface area contributed by atoms with Gasteiger partial charge in [-0.05, 0) is 42.1 Å². The van der Waals surface area contributed by atoms with Crippen molar-refractivity contribution in [3.63, 3.8) is 0 Å². The highest BCUT2D eigenvalue weighted by Gasteiger charge is 2.41. The molecule has 27 heavy (non-hydrogen) atoms. The molecule has 0 bridgehead atoms. The summed E-state index contributed by atoms with van der Waals surface area (Å²) < 4.78 is 42.7. The number of hydrogen-bond acceptors (Lipinski definition) is 3. The summed E-state index contributed by atoms with van der Waals surface area (Å²) in [5, 5.41) is 10.2. The van der Waals surface area contributed by atoms with Gasteiger partial charge in [0.1, 0.15) is 0 Å². The maximum absolute atomic E-state index is 13.0. The second-order valence-corrected chi connectivity index (χ2v) is 7.57. The summed E-state index contributed by atoms with van der Waals surface area (Å²) in [5.74, 6) is -0.310. The van der Waals surface area contributed by atoms with Gasteiger partial charge in [-0.15, -0.1) is 0 Å². The summed E-state index contributed by atoms with van der Waals surface area (Å²) >= 11 is 9.22. The number of alkyl halides is 3. The van der Waals surface area contributed by atoms with E-state index in [4.69, 9.17) is 11.6 Å². The van der Waals surface area contributed by atoms with Crippen LogP contribution in [0.4, 0.5) is 13.2 Å². The Balaban J connectivity index is 1.60. The van der Waals surface area contributed by atoms with Crippen molar-refractivity contribution in [3.05, 3.63) is 32.8 Å². The average molecular weight is 469 g/mol. The quantitative estimate of drug-likeness (QED) is 0.619. The fourth-order valence-corrected chi connectivity index (χ4v) is 3.67. The van der Waals surface area contributed by atoms with Crippen LogP contribution in [0.1, 0.15) is 54.0 Å². The predicted octanol–water partition coefficient (Wildman–Crippen LogP) is 4.23. The Bertz CT molecular complexity index is 844. The standard InChI is InChI=1S/C16H18BrClF3N5O/c1-2-25-8-10(17)12(23-25)15(27)22-6-3-7-26-13(9-4-5-9)11(18)14(24-26)16(19,20)21/h8-9H,2-7H2,1H3,(H,22,27). The van der Waals surface area contributed by atoms with Crippen LogP contribution in [0, 0.1) is 0 Å². The molecule has 3 rings (SSSR count). The first-order valence-electron chi connectivity index (χ1n) is 8.57. The first kappa shape index (κ1) is 20.2. The summed E-state index contributed by atoms with van der Waals surface area (Å²) in [6.45, 7) is 3.07. The van der Waals surface area contributed by atoms with E-state index in [1.807, 2.05) is 6.92 Å². The molecule has 0 spiro atoms. The van der Waals surface area contributed by atoms with Crippen LogP contribution >= 0.6 is 27.5 Å². The minimum absolute atomic E-state index is 0.0321. The topological polar surface area (TPSA) is 64.7 Å². The van der Waals surface area contributed by atoms with Crippen molar-refractivity contribution in [3.8, 4) is 0 Å². The molecule has 1 N–H and O–H groups in total. The number of nitrogens with zero attached hydrogens (tertiary/aromatic N) is 4. The third-order valence-corrected chi connectivity index (χ3v) is 5.21. The molecule has 1 saturated carbocycles. The van der Waals surface area contributed by atoms with E-state index in [1.165, 1.54) is 4.68 Å². The summed E-state index contributed by atoms with van der Waals surface area (Å²) in [4.78, 5) is 12.2. The van der Waals surface area contributed by atoms with Gasteiger partial charge < -0.3 is 5.32 Å². The molecule has 2 heterocycles. The zero-order valence-corrected chi connectivity index (χ0v) is 16.8. The molecule has 6 nitrogen and oxygen atoms in total. The van der Waals surface area contributed by atoms with Gasteiger partial charge in [0.15, 0.2) is 11.4 Å². The summed E-state index contributed by atoms with van der Waals surface area (Å²) in [7, 11) is 0. The first-order valence-corrected chi connectivity index (χ1v) is 9.74. The van der Waals surface area contributed by atoms with Gasteiger partial charge in [-0.2, -0.15) is 23.4 Å². The Morgan fingerprint density at radius 3 is 2.67 bits per heavy atom. The van der Waals surface area contributed by atoms with Crippen molar-refractivity contribution in [1.29, 1.82) is 0 Å². The number of amides is 1. The molecule has 2 aromatic heterocycles. The lowest BCUT2D eigenvalue weighted by Gasteiger charge is -2.08. The molecular weight excluding hydrogens is 451 g/mol. The minimum Gasteiger partial charge on any atom is -0.351 e. The molecule has 0 atom stereocenters. The third kappa shape index (κ3) is 4.48. The van der Waals surface area contributed by atoms with E-state index in [0.717, 1.165) is 12.8 Å². The van der Waals surface area contributed by atoms with Gasteiger partial charge in [0, 0.05) is 31.7 Å². The summed E-state index contributed by atoms with van der Waals surface area (Å²) in [6, 6.07) is 0. The van der Waals surface area contributed by atoms with Crippen molar-refractivity contribution >= 4 is 33.4 Å². The van der Waals surface area contributed by atoms with Crippen LogP contribution in [0.25, 0.3) is 0 Å². The van der Waals surface area contributed by atoms with Crippen molar-refractivity contribution in [2.75, 3.05) is 6.54 Å². The lowest BCUT2D eigenvalue weighted by Crippen LogP contribution is -2.26. The highest BCUT2D eigenvalue weighted by atomic mass is 79.9. The van der Waals surface area contributed by atoms with Crippen LogP contribution < -0.4 is 5.32 Å². The molecule has 0 unspecified atom stereocenters. The number of rotatable bonds is 7. The zero-order valence-electron chi connectivity index (χ0n) is 14.5. The van der Waals surface area contributed by atoms with Crippen LogP contribution in [0.5, 0.6) is 0 Å². The Kier molecular flexibility index (Phi) is 5.85. The molecule has 1 amide bonds. The van der Waals surface area contributed by atoms with Gasteiger partial charge >= 0.3 is 6.18 Å². The van der Waals surface area contributed by atoms with Crippen molar-refractivity contribution < 1.29 is 18.0 Å². The zero-order chi connectivity index (χ0) is 19.8. The number of hydrogen-bond donors (Lipinski definition) is 1. The first-order chi connectivity index (χ1) is 12.7. The summed E-state index contributed by atoms with van der Waals surface area (Å²) in [5.41, 5.74) is -0.319. The van der Waals surface area contributed by atoms with Gasteiger partial charge in [-0.1, -0.05) is 11.6 Å². The van der Waals surface area contributed by atoms with E-state index in [0.29, 0.717) is 23.1 Å². The van der Waals surface area contributed by atoms with E-state index < -0.39 is 11.9 Å². The van der Waals surface area contributed by atoms with E-state index in [1.54, 1.807) is 10.9 Å². The fourth-order valence-electron chi connectivity index (χ4n) is 2.78. The molecule has 2 aromatic rings. The second kappa shape index (κ2) is 7.83. The lowest BCUT2D eigenvalue weighted by molar-refractivity contribution is -0.141.